The molecule has 0 bridgehead atoms. The summed E-state index contributed by atoms with van der Waals surface area (Å²) < 4.78 is 0. The Kier molecular flexibility index (Phi) is 5.25. The van der Waals surface area contributed by atoms with Gasteiger partial charge in [0.1, 0.15) is 5.69 Å². The van der Waals surface area contributed by atoms with Crippen LogP contribution in [-0.2, 0) is 0 Å². The van der Waals surface area contributed by atoms with Crippen LogP contribution in [0.2, 0.25) is 0 Å². The Bertz CT molecular complexity index is 476. The van der Waals surface area contributed by atoms with Crippen LogP contribution in [0.3, 0.4) is 0 Å². The van der Waals surface area contributed by atoms with Crippen molar-refractivity contribution in [1.82, 2.24) is 5.32 Å². The van der Waals surface area contributed by atoms with Gasteiger partial charge < -0.3 is 16.0 Å². The van der Waals surface area contributed by atoms with E-state index in [1.165, 1.54) is 18.2 Å². The number of rotatable bonds is 7. The number of anilines is 1. The minimum absolute atomic E-state index is 0.0306. The van der Waals surface area contributed by atoms with Gasteiger partial charge in [0.15, 0.2) is 0 Å². The van der Waals surface area contributed by atoms with Crippen LogP contribution in [0, 0.1) is 10.1 Å². The molecule has 7 heteroatoms. The largest absolute Gasteiger partial charge is 0.369 e. The summed E-state index contributed by atoms with van der Waals surface area (Å²) in [7, 11) is 3.60. The maximum atomic E-state index is 11.1. The average Bonchev–Trinajstić information content (AvgIpc) is 2.37. The number of hydrogen-bond donors (Lipinski definition) is 2. The minimum atomic E-state index is -0.597. The normalized spacial score (nSPS) is 10.2. The average molecular weight is 266 g/mol. The number of amides is 1. The van der Waals surface area contributed by atoms with Crippen LogP contribution in [-0.4, -0.2) is 38.0 Å². The van der Waals surface area contributed by atoms with Gasteiger partial charge in [-0.05, 0) is 32.1 Å². The van der Waals surface area contributed by atoms with Crippen molar-refractivity contribution in [2.75, 3.05) is 32.1 Å². The molecule has 1 aromatic carbocycles. The Morgan fingerprint density at radius 3 is 2.74 bits per heavy atom. The Morgan fingerprint density at radius 2 is 2.21 bits per heavy atom. The third kappa shape index (κ3) is 3.92. The molecular formula is C12H18N4O3. The first-order valence-electron chi connectivity index (χ1n) is 5.91. The molecular weight excluding hydrogens is 248 g/mol. The van der Waals surface area contributed by atoms with Gasteiger partial charge in [-0.3, -0.25) is 14.9 Å². The van der Waals surface area contributed by atoms with Gasteiger partial charge >= 0.3 is 0 Å². The molecule has 0 saturated heterocycles. The lowest BCUT2D eigenvalue weighted by Gasteiger charge is -2.19. The standard InChI is InChI=1S/C12H18N4O3/c1-14-6-3-7-15(2)11-8-9(12(13)17)4-5-10(11)16(18)19/h4-5,8,14H,3,6-7H2,1-2H3,(H2,13,17). The van der Waals surface area contributed by atoms with E-state index in [-0.39, 0.29) is 11.3 Å². The highest BCUT2D eigenvalue weighted by molar-refractivity contribution is 5.94. The van der Waals surface area contributed by atoms with E-state index in [1.54, 1.807) is 11.9 Å². The van der Waals surface area contributed by atoms with Gasteiger partial charge in [-0.15, -0.1) is 0 Å². The first kappa shape index (κ1) is 14.9. The van der Waals surface area contributed by atoms with Gasteiger partial charge in [0.05, 0.1) is 4.92 Å². The van der Waals surface area contributed by atoms with Crippen LogP contribution < -0.4 is 16.0 Å². The molecule has 0 fully saturated rings. The topological polar surface area (TPSA) is 102 Å². The van der Waals surface area contributed by atoms with Crippen molar-refractivity contribution in [3.63, 3.8) is 0 Å². The predicted molar refractivity (Wildman–Crippen MR) is 73.4 cm³/mol. The van der Waals surface area contributed by atoms with E-state index in [4.69, 9.17) is 5.73 Å². The fourth-order valence-corrected chi connectivity index (χ4v) is 1.75. The predicted octanol–water partition coefficient (Wildman–Crippen LogP) is 0.739. The number of primary amides is 1. The molecule has 1 aromatic rings. The second-order valence-electron chi connectivity index (χ2n) is 4.20. The van der Waals surface area contributed by atoms with Crippen molar-refractivity contribution in [1.29, 1.82) is 0 Å². The van der Waals surface area contributed by atoms with E-state index in [9.17, 15) is 14.9 Å². The van der Waals surface area contributed by atoms with Crippen molar-refractivity contribution in [3.8, 4) is 0 Å². The van der Waals surface area contributed by atoms with Gasteiger partial charge in [0.25, 0.3) is 5.69 Å². The molecule has 0 aliphatic heterocycles. The third-order valence-electron chi connectivity index (χ3n) is 2.79. The maximum absolute atomic E-state index is 11.1. The number of hydrogen-bond acceptors (Lipinski definition) is 5. The van der Waals surface area contributed by atoms with E-state index in [0.29, 0.717) is 12.2 Å². The van der Waals surface area contributed by atoms with Crippen LogP contribution in [0.4, 0.5) is 11.4 Å². The number of carbonyl (C=O) groups is 1. The summed E-state index contributed by atoms with van der Waals surface area (Å²) in [6, 6.07) is 4.13. The molecule has 0 heterocycles. The Labute approximate surface area is 111 Å². The van der Waals surface area contributed by atoms with Gasteiger partial charge in [-0.1, -0.05) is 0 Å². The summed E-state index contributed by atoms with van der Waals surface area (Å²) in [6.45, 7) is 1.46. The summed E-state index contributed by atoms with van der Waals surface area (Å²) in [5.74, 6) is -0.597. The zero-order chi connectivity index (χ0) is 14.4. The Balaban J connectivity index is 3.02. The number of nitrogens with one attached hydrogen (secondary N) is 1. The molecule has 19 heavy (non-hydrogen) atoms. The molecule has 1 amide bonds. The van der Waals surface area contributed by atoms with Gasteiger partial charge in [-0.2, -0.15) is 0 Å². The number of carbonyl (C=O) groups excluding carboxylic acids is 1. The lowest BCUT2D eigenvalue weighted by Crippen LogP contribution is -2.23. The fraction of sp³-hybridized carbons (Fsp3) is 0.417. The summed E-state index contributed by atoms with van der Waals surface area (Å²) in [6.07, 6.45) is 0.838. The minimum Gasteiger partial charge on any atom is -0.369 e. The lowest BCUT2D eigenvalue weighted by atomic mass is 10.1. The molecule has 0 aliphatic carbocycles. The van der Waals surface area contributed by atoms with Gasteiger partial charge in [-0.25, -0.2) is 0 Å². The molecule has 7 nitrogen and oxygen atoms in total. The molecule has 0 unspecified atom stereocenters. The summed E-state index contributed by atoms with van der Waals surface area (Å²) in [5, 5.41) is 14.0. The monoisotopic (exact) mass is 266 g/mol. The first-order valence-corrected chi connectivity index (χ1v) is 5.91. The van der Waals surface area contributed by atoms with Gasteiger partial charge in [0, 0.05) is 25.2 Å². The molecule has 0 atom stereocenters. The molecule has 0 aliphatic rings. The molecule has 104 valence electrons. The van der Waals surface area contributed by atoms with Crippen LogP contribution in [0.25, 0.3) is 0 Å². The SMILES string of the molecule is CNCCCN(C)c1cc(C(N)=O)ccc1[N+](=O)[O-]. The zero-order valence-electron chi connectivity index (χ0n) is 11.0. The summed E-state index contributed by atoms with van der Waals surface area (Å²) in [5.41, 5.74) is 5.83. The second kappa shape index (κ2) is 6.69. The fourth-order valence-electron chi connectivity index (χ4n) is 1.75. The number of nitro benzene ring substituents is 1. The lowest BCUT2D eigenvalue weighted by molar-refractivity contribution is -0.384. The van der Waals surface area contributed by atoms with E-state index < -0.39 is 10.8 Å². The molecule has 3 N–H and O–H groups in total. The maximum Gasteiger partial charge on any atom is 0.292 e. The number of benzene rings is 1. The Morgan fingerprint density at radius 1 is 1.53 bits per heavy atom. The van der Waals surface area contributed by atoms with E-state index >= 15 is 0 Å². The van der Waals surface area contributed by atoms with Crippen LogP contribution in [0.5, 0.6) is 0 Å². The first-order chi connectivity index (χ1) is 8.97. The van der Waals surface area contributed by atoms with E-state index in [1.807, 2.05) is 7.05 Å². The molecule has 0 spiro atoms. The summed E-state index contributed by atoms with van der Waals surface area (Å²) in [4.78, 5) is 23.4. The highest BCUT2D eigenvalue weighted by Crippen LogP contribution is 2.28. The second-order valence-corrected chi connectivity index (χ2v) is 4.20. The number of nitro groups is 1. The van der Waals surface area contributed by atoms with Crippen LogP contribution >= 0.6 is 0 Å². The quantitative estimate of drug-likeness (QED) is 0.430. The van der Waals surface area contributed by atoms with Gasteiger partial charge in [0.2, 0.25) is 5.91 Å². The van der Waals surface area contributed by atoms with E-state index in [0.717, 1.165) is 13.0 Å². The Hall–Kier alpha value is -2.15. The molecule has 0 radical (unpaired) electrons. The van der Waals surface area contributed by atoms with Crippen LogP contribution in [0.15, 0.2) is 18.2 Å². The highest BCUT2D eigenvalue weighted by atomic mass is 16.6. The van der Waals surface area contributed by atoms with Crippen LogP contribution in [0.1, 0.15) is 16.8 Å². The van der Waals surface area contributed by atoms with Crippen molar-refractivity contribution < 1.29 is 9.72 Å². The zero-order valence-corrected chi connectivity index (χ0v) is 11.0. The third-order valence-corrected chi connectivity index (χ3v) is 2.79. The smallest absolute Gasteiger partial charge is 0.292 e. The van der Waals surface area contributed by atoms with E-state index in [2.05, 4.69) is 5.32 Å². The molecule has 1 rings (SSSR count). The number of nitrogens with two attached hydrogens (primary N) is 1. The number of nitrogens with zero attached hydrogens (tertiary/aromatic N) is 2. The summed E-state index contributed by atoms with van der Waals surface area (Å²) >= 11 is 0. The molecule has 0 saturated carbocycles. The van der Waals surface area contributed by atoms with Crippen molar-refractivity contribution in [2.45, 2.75) is 6.42 Å². The van der Waals surface area contributed by atoms with Crippen molar-refractivity contribution in [2.24, 2.45) is 5.73 Å². The molecule has 0 aromatic heterocycles. The van der Waals surface area contributed by atoms with Crippen molar-refractivity contribution >= 4 is 17.3 Å². The highest BCUT2D eigenvalue weighted by Gasteiger charge is 2.18. The van der Waals surface area contributed by atoms with Crippen molar-refractivity contribution in [3.05, 3.63) is 33.9 Å².